The Kier molecular flexibility index (Phi) is 3.47. The first-order valence-corrected chi connectivity index (χ1v) is 6.78. The van der Waals surface area contributed by atoms with Crippen molar-refractivity contribution in [3.05, 3.63) is 60.1 Å². The van der Waals surface area contributed by atoms with Crippen LogP contribution in [-0.2, 0) is 0 Å². The van der Waals surface area contributed by atoms with Crippen molar-refractivity contribution >= 4 is 22.9 Å². The van der Waals surface area contributed by atoms with Crippen molar-refractivity contribution in [3.63, 3.8) is 0 Å². The number of aromatic nitrogens is 3. The third-order valence-corrected chi connectivity index (χ3v) is 3.38. The molecule has 3 aromatic rings. The van der Waals surface area contributed by atoms with E-state index in [1.54, 1.807) is 48.4 Å². The van der Waals surface area contributed by atoms with Gasteiger partial charge in [-0.25, -0.2) is 4.98 Å². The molecule has 1 amide bonds. The molecule has 6 heteroatoms. The maximum atomic E-state index is 12.1. The highest BCUT2D eigenvalue weighted by Gasteiger charge is 2.10. The number of nitrogens with one attached hydrogen (secondary N) is 1. The van der Waals surface area contributed by atoms with Gasteiger partial charge in [0.2, 0.25) is 0 Å². The summed E-state index contributed by atoms with van der Waals surface area (Å²) >= 11 is 1.49. The van der Waals surface area contributed by atoms with Crippen LogP contribution in [0.15, 0.2) is 54.4 Å². The first kappa shape index (κ1) is 12.4. The summed E-state index contributed by atoms with van der Waals surface area (Å²) < 4.78 is 0. The van der Waals surface area contributed by atoms with E-state index in [9.17, 15) is 4.79 Å². The second kappa shape index (κ2) is 5.58. The van der Waals surface area contributed by atoms with Crippen LogP contribution in [0, 0.1) is 0 Å². The van der Waals surface area contributed by atoms with Crippen LogP contribution < -0.4 is 5.32 Å². The zero-order chi connectivity index (χ0) is 13.8. The fraction of sp³-hybridized carbons (Fsp3) is 0. The fourth-order valence-electron chi connectivity index (χ4n) is 1.67. The molecule has 0 atom stereocenters. The molecule has 3 aromatic heterocycles. The molecule has 3 heterocycles. The molecule has 0 bridgehead atoms. The summed E-state index contributed by atoms with van der Waals surface area (Å²) in [6.07, 6.45) is 4.97. The number of nitrogens with zero attached hydrogens (tertiary/aromatic N) is 3. The van der Waals surface area contributed by atoms with Gasteiger partial charge in [-0.1, -0.05) is 6.07 Å². The van der Waals surface area contributed by atoms with Gasteiger partial charge in [0.25, 0.3) is 5.91 Å². The monoisotopic (exact) mass is 282 g/mol. The Morgan fingerprint density at radius 1 is 1.10 bits per heavy atom. The fourth-order valence-corrected chi connectivity index (χ4v) is 2.26. The Labute approximate surface area is 119 Å². The van der Waals surface area contributed by atoms with E-state index in [0.29, 0.717) is 11.4 Å². The van der Waals surface area contributed by atoms with E-state index in [1.807, 2.05) is 6.07 Å². The van der Waals surface area contributed by atoms with Crippen LogP contribution in [0.2, 0.25) is 0 Å². The second-order valence-corrected chi connectivity index (χ2v) is 4.86. The Balaban J connectivity index is 1.84. The molecule has 1 N–H and O–H groups in total. The van der Waals surface area contributed by atoms with Crippen LogP contribution in [0.4, 0.5) is 5.69 Å². The first-order valence-electron chi connectivity index (χ1n) is 5.90. The number of rotatable bonds is 3. The average molecular weight is 282 g/mol. The van der Waals surface area contributed by atoms with Crippen LogP contribution in [-0.4, -0.2) is 20.9 Å². The first-order chi connectivity index (χ1) is 9.83. The normalized spacial score (nSPS) is 10.2. The van der Waals surface area contributed by atoms with Crippen molar-refractivity contribution in [2.24, 2.45) is 0 Å². The van der Waals surface area contributed by atoms with E-state index in [0.717, 1.165) is 10.6 Å². The van der Waals surface area contributed by atoms with Gasteiger partial charge in [0, 0.05) is 12.4 Å². The topological polar surface area (TPSA) is 67.8 Å². The van der Waals surface area contributed by atoms with E-state index in [1.165, 1.54) is 11.3 Å². The standard InChI is InChI=1S/C14H10N4OS/c19-14(17-10-3-2-6-15-7-10)12-5-1-4-11(18-12)13-8-16-9-20-13/h1-9H,(H,17,19). The summed E-state index contributed by atoms with van der Waals surface area (Å²) in [6.45, 7) is 0. The minimum Gasteiger partial charge on any atom is -0.319 e. The van der Waals surface area contributed by atoms with Gasteiger partial charge in [-0.15, -0.1) is 11.3 Å². The van der Waals surface area contributed by atoms with Crippen molar-refractivity contribution in [3.8, 4) is 10.6 Å². The quantitative estimate of drug-likeness (QED) is 0.802. The molecule has 0 fully saturated rings. The molecule has 20 heavy (non-hydrogen) atoms. The van der Waals surface area contributed by atoms with E-state index in [-0.39, 0.29) is 5.91 Å². The van der Waals surface area contributed by atoms with Gasteiger partial charge in [-0.2, -0.15) is 0 Å². The summed E-state index contributed by atoms with van der Waals surface area (Å²) in [6, 6.07) is 8.87. The van der Waals surface area contributed by atoms with Crippen LogP contribution >= 0.6 is 11.3 Å². The zero-order valence-electron chi connectivity index (χ0n) is 10.4. The number of carbonyl (C=O) groups is 1. The molecule has 0 aliphatic heterocycles. The van der Waals surface area contributed by atoms with Crippen LogP contribution in [0.1, 0.15) is 10.5 Å². The van der Waals surface area contributed by atoms with E-state index in [4.69, 9.17) is 0 Å². The van der Waals surface area contributed by atoms with Gasteiger partial charge in [-0.05, 0) is 24.3 Å². The number of carbonyl (C=O) groups excluding carboxylic acids is 1. The predicted octanol–water partition coefficient (Wildman–Crippen LogP) is 2.85. The number of pyridine rings is 2. The Hall–Kier alpha value is -2.60. The number of hydrogen-bond donors (Lipinski definition) is 1. The van der Waals surface area contributed by atoms with Gasteiger partial charge >= 0.3 is 0 Å². The second-order valence-electron chi connectivity index (χ2n) is 3.97. The smallest absolute Gasteiger partial charge is 0.274 e. The number of anilines is 1. The third kappa shape index (κ3) is 2.70. The van der Waals surface area contributed by atoms with Gasteiger partial charge < -0.3 is 5.32 Å². The highest BCUT2D eigenvalue weighted by molar-refractivity contribution is 7.13. The number of thiazole rings is 1. The summed E-state index contributed by atoms with van der Waals surface area (Å²) in [5.41, 5.74) is 3.48. The minimum absolute atomic E-state index is 0.260. The molecule has 0 unspecified atom stereocenters. The molecule has 0 aliphatic carbocycles. The Morgan fingerprint density at radius 3 is 2.80 bits per heavy atom. The van der Waals surface area contributed by atoms with Crippen molar-refractivity contribution in [2.45, 2.75) is 0 Å². The van der Waals surface area contributed by atoms with Gasteiger partial charge in [-0.3, -0.25) is 14.8 Å². The lowest BCUT2D eigenvalue weighted by Crippen LogP contribution is -2.13. The molecule has 0 aliphatic rings. The number of amides is 1. The molecule has 0 radical (unpaired) electrons. The molecule has 0 saturated carbocycles. The summed E-state index contributed by atoms with van der Waals surface area (Å²) in [7, 11) is 0. The van der Waals surface area contributed by atoms with Crippen LogP contribution in [0.25, 0.3) is 10.6 Å². The molecule has 3 rings (SSSR count). The molecule has 5 nitrogen and oxygen atoms in total. The Morgan fingerprint density at radius 2 is 2.05 bits per heavy atom. The van der Waals surface area contributed by atoms with E-state index < -0.39 is 0 Å². The van der Waals surface area contributed by atoms with Crippen molar-refractivity contribution in [1.82, 2.24) is 15.0 Å². The van der Waals surface area contributed by atoms with E-state index >= 15 is 0 Å². The molecule has 0 spiro atoms. The Bertz CT molecular complexity index is 713. The van der Waals surface area contributed by atoms with Crippen molar-refractivity contribution in [2.75, 3.05) is 5.32 Å². The average Bonchev–Trinajstić information content (AvgIpc) is 3.03. The lowest BCUT2D eigenvalue weighted by atomic mass is 10.2. The largest absolute Gasteiger partial charge is 0.319 e. The van der Waals surface area contributed by atoms with E-state index in [2.05, 4.69) is 20.3 Å². The molecule has 0 aromatic carbocycles. The lowest BCUT2D eigenvalue weighted by molar-refractivity contribution is 0.102. The highest BCUT2D eigenvalue weighted by atomic mass is 32.1. The number of hydrogen-bond acceptors (Lipinski definition) is 5. The molecular weight excluding hydrogens is 272 g/mol. The van der Waals surface area contributed by atoms with Crippen molar-refractivity contribution < 1.29 is 4.79 Å². The molecule has 0 saturated heterocycles. The van der Waals surface area contributed by atoms with Crippen LogP contribution in [0.3, 0.4) is 0 Å². The minimum atomic E-state index is -0.260. The summed E-state index contributed by atoms with van der Waals surface area (Å²) in [4.78, 5) is 25.4. The summed E-state index contributed by atoms with van der Waals surface area (Å²) in [5, 5.41) is 2.75. The highest BCUT2D eigenvalue weighted by Crippen LogP contribution is 2.21. The van der Waals surface area contributed by atoms with Gasteiger partial charge in [0.15, 0.2) is 0 Å². The predicted molar refractivity (Wildman–Crippen MR) is 77.5 cm³/mol. The molecular formula is C14H10N4OS. The molecule has 98 valence electrons. The SMILES string of the molecule is O=C(Nc1cccnc1)c1cccc(-c2cncs2)n1. The van der Waals surface area contributed by atoms with Gasteiger partial charge in [0.05, 0.1) is 28.0 Å². The lowest BCUT2D eigenvalue weighted by Gasteiger charge is -2.05. The zero-order valence-corrected chi connectivity index (χ0v) is 11.2. The van der Waals surface area contributed by atoms with Crippen molar-refractivity contribution in [1.29, 1.82) is 0 Å². The third-order valence-electron chi connectivity index (χ3n) is 2.59. The maximum Gasteiger partial charge on any atom is 0.274 e. The van der Waals surface area contributed by atoms with Gasteiger partial charge in [0.1, 0.15) is 5.69 Å². The maximum absolute atomic E-state index is 12.1. The van der Waals surface area contributed by atoms with Crippen LogP contribution in [0.5, 0.6) is 0 Å². The summed E-state index contributed by atoms with van der Waals surface area (Å²) in [5.74, 6) is -0.260.